The summed E-state index contributed by atoms with van der Waals surface area (Å²) in [4.78, 5) is 0. The van der Waals surface area contributed by atoms with Crippen LogP contribution in [0.4, 0.5) is 0 Å². The smallest absolute Gasteiger partial charge is 0.0979 e. The topological polar surface area (TPSA) is 20.2 Å². The number of fused-ring (bicyclic) bond motifs is 1. The number of aliphatic hydroxyl groups excluding tert-OH is 1. The summed E-state index contributed by atoms with van der Waals surface area (Å²) >= 11 is 0. The van der Waals surface area contributed by atoms with Gasteiger partial charge in [0.25, 0.3) is 0 Å². The zero-order valence-corrected chi connectivity index (χ0v) is 13.0. The van der Waals surface area contributed by atoms with Gasteiger partial charge in [-0.25, -0.2) is 0 Å². The minimum atomic E-state index is 0.382. The van der Waals surface area contributed by atoms with E-state index < -0.39 is 0 Å². The first-order valence-corrected chi connectivity index (χ1v) is 8.52. The molecule has 114 valence electrons. The van der Waals surface area contributed by atoms with Crippen LogP contribution in [0.25, 0.3) is 6.08 Å². The highest BCUT2D eigenvalue weighted by atomic mass is 16.3. The van der Waals surface area contributed by atoms with Gasteiger partial charge in [-0.15, -0.1) is 0 Å². The van der Waals surface area contributed by atoms with E-state index in [0.29, 0.717) is 18.6 Å². The van der Waals surface area contributed by atoms with E-state index in [1.54, 1.807) is 0 Å². The molecule has 1 N–H and O–H groups in total. The van der Waals surface area contributed by atoms with Gasteiger partial charge in [0, 0.05) is 12.3 Å². The molecule has 2 heteroatoms. The molecule has 0 bridgehead atoms. The molecular formula is C19H28NO+. The van der Waals surface area contributed by atoms with Crippen molar-refractivity contribution in [1.82, 2.24) is 0 Å². The maximum atomic E-state index is 9.72. The Hall–Kier alpha value is -1.12. The SMILES string of the molecule is OC[C@@H]1CCC[N+]2(C/C=C/c3ccccc3)CCCC[C@@H]12. The minimum Gasteiger partial charge on any atom is -0.396 e. The Morgan fingerprint density at radius 3 is 2.67 bits per heavy atom. The van der Waals surface area contributed by atoms with Gasteiger partial charge in [-0.1, -0.05) is 36.4 Å². The van der Waals surface area contributed by atoms with E-state index in [0.717, 1.165) is 6.54 Å². The van der Waals surface area contributed by atoms with Crippen molar-refractivity contribution in [2.75, 3.05) is 26.2 Å². The molecule has 0 aliphatic carbocycles. The number of nitrogens with zero attached hydrogens (tertiary/aromatic N) is 1. The van der Waals surface area contributed by atoms with Crippen molar-refractivity contribution in [1.29, 1.82) is 0 Å². The molecular weight excluding hydrogens is 258 g/mol. The fourth-order valence-corrected chi connectivity index (χ4v) is 4.53. The Morgan fingerprint density at radius 2 is 1.86 bits per heavy atom. The Bertz CT molecular complexity index is 466. The largest absolute Gasteiger partial charge is 0.396 e. The van der Waals surface area contributed by atoms with Crippen LogP contribution in [-0.4, -0.2) is 41.9 Å². The molecule has 2 nitrogen and oxygen atoms in total. The molecule has 3 rings (SSSR count). The van der Waals surface area contributed by atoms with Gasteiger partial charge in [0.15, 0.2) is 0 Å². The Morgan fingerprint density at radius 1 is 1.05 bits per heavy atom. The lowest BCUT2D eigenvalue weighted by Gasteiger charge is -2.53. The summed E-state index contributed by atoms with van der Waals surface area (Å²) in [6.45, 7) is 4.13. The molecule has 2 aliphatic rings. The van der Waals surface area contributed by atoms with Crippen LogP contribution >= 0.6 is 0 Å². The lowest BCUT2D eigenvalue weighted by molar-refractivity contribution is -0.959. The van der Waals surface area contributed by atoms with Crippen LogP contribution < -0.4 is 0 Å². The monoisotopic (exact) mass is 286 g/mol. The fraction of sp³-hybridized carbons (Fsp3) is 0.579. The zero-order chi connectivity index (χ0) is 14.5. The lowest BCUT2D eigenvalue weighted by atomic mass is 9.81. The number of hydrogen-bond acceptors (Lipinski definition) is 1. The van der Waals surface area contributed by atoms with E-state index in [1.165, 1.54) is 55.2 Å². The normalized spacial score (nSPS) is 33.0. The first kappa shape index (κ1) is 14.8. The lowest BCUT2D eigenvalue weighted by Crippen LogP contribution is -2.63. The number of hydrogen-bond donors (Lipinski definition) is 1. The molecule has 2 aliphatic heterocycles. The maximum Gasteiger partial charge on any atom is 0.0979 e. The van der Waals surface area contributed by atoms with Crippen molar-refractivity contribution in [3.63, 3.8) is 0 Å². The maximum absolute atomic E-state index is 9.72. The summed E-state index contributed by atoms with van der Waals surface area (Å²) in [7, 11) is 0. The van der Waals surface area contributed by atoms with Crippen molar-refractivity contribution in [2.45, 2.75) is 38.1 Å². The Labute approximate surface area is 128 Å². The van der Waals surface area contributed by atoms with E-state index in [-0.39, 0.29) is 0 Å². The number of piperidine rings is 2. The summed E-state index contributed by atoms with van der Waals surface area (Å²) in [5, 5.41) is 9.72. The third kappa shape index (κ3) is 3.22. The average molecular weight is 286 g/mol. The molecule has 21 heavy (non-hydrogen) atoms. The second-order valence-electron chi connectivity index (χ2n) is 6.81. The highest BCUT2D eigenvalue weighted by Gasteiger charge is 2.45. The first-order chi connectivity index (χ1) is 10.3. The van der Waals surface area contributed by atoms with E-state index in [2.05, 4.69) is 42.5 Å². The van der Waals surface area contributed by atoms with Crippen molar-refractivity contribution in [2.24, 2.45) is 5.92 Å². The summed E-state index contributed by atoms with van der Waals surface area (Å²) < 4.78 is 1.23. The summed E-state index contributed by atoms with van der Waals surface area (Å²) in [6, 6.07) is 11.3. The van der Waals surface area contributed by atoms with Gasteiger partial charge in [0.2, 0.25) is 0 Å². The van der Waals surface area contributed by atoms with Gasteiger partial charge in [-0.2, -0.15) is 0 Å². The van der Waals surface area contributed by atoms with Crippen LogP contribution in [0, 0.1) is 5.92 Å². The molecule has 2 fully saturated rings. The van der Waals surface area contributed by atoms with Gasteiger partial charge in [0.05, 0.1) is 32.3 Å². The predicted molar refractivity (Wildman–Crippen MR) is 87.8 cm³/mol. The van der Waals surface area contributed by atoms with Gasteiger partial charge in [-0.3, -0.25) is 0 Å². The van der Waals surface area contributed by atoms with Gasteiger partial charge in [0.1, 0.15) is 0 Å². The van der Waals surface area contributed by atoms with E-state index in [9.17, 15) is 5.11 Å². The molecule has 2 heterocycles. The highest BCUT2D eigenvalue weighted by molar-refractivity contribution is 5.48. The average Bonchev–Trinajstić information content (AvgIpc) is 2.55. The quantitative estimate of drug-likeness (QED) is 0.840. The number of aliphatic hydroxyl groups is 1. The second-order valence-corrected chi connectivity index (χ2v) is 6.81. The molecule has 1 unspecified atom stereocenters. The van der Waals surface area contributed by atoms with Gasteiger partial charge in [-0.05, 0) is 37.3 Å². The first-order valence-electron chi connectivity index (χ1n) is 8.52. The van der Waals surface area contributed by atoms with Crippen LogP contribution in [-0.2, 0) is 0 Å². The Kier molecular flexibility index (Phi) is 4.77. The van der Waals surface area contributed by atoms with Gasteiger partial charge >= 0.3 is 0 Å². The Balaban J connectivity index is 1.72. The fourth-order valence-electron chi connectivity index (χ4n) is 4.53. The highest BCUT2D eigenvalue weighted by Crippen LogP contribution is 2.37. The molecule has 0 radical (unpaired) electrons. The molecule has 1 aromatic carbocycles. The predicted octanol–water partition coefficient (Wildman–Crippen LogP) is 3.47. The number of benzene rings is 1. The molecule has 2 saturated heterocycles. The second kappa shape index (κ2) is 6.76. The van der Waals surface area contributed by atoms with Crippen molar-refractivity contribution >= 4 is 6.08 Å². The molecule has 0 aromatic heterocycles. The third-order valence-electron chi connectivity index (χ3n) is 5.59. The minimum absolute atomic E-state index is 0.382. The van der Waals surface area contributed by atoms with Crippen LogP contribution in [0.3, 0.4) is 0 Å². The van der Waals surface area contributed by atoms with E-state index >= 15 is 0 Å². The molecule has 0 amide bonds. The zero-order valence-electron chi connectivity index (χ0n) is 13.0. The summed E-state index contributed by atoms with van der Waals surface area (Å²) in [6.07, 6.45) is 11.2. The molecule has 3 atom stereocenters. The van der Waals surface area contributed by atoms with E-state index in [4.69, 9.17) is 0 Å². The molecule has 1 aromatic rings. The van der Waals surface area contributed by atoms with Crippen molar-refractivity contribution < 1.29 is 9.59 Å². The number of quaternary nitrogens is 1. The van der Waals surface area contributed by atoms with Crippen molar-refractivity contribution in [3.8, 4) is 0 Å². The summed E-state index contributed by atoms with van der Waals surface area (Å²) in [5.41, 5.74) is 1.29. The third-order valence-corrected chi connectivity index (χ3v) is 5.59. The molecule has 0 spiro atoms. The standard InChI is InChI=1S/C19H28NO/c21-16-18-11-7-15-20(13-5-4-12-19(18)20)14-6-10-17-8-2-1-3-9-17/h1-3,6,8-10,18-19,21H,4-5,7,11-16H2/q+1/b10-6+/t18-,19-,20?/m0/s1. The van der Waals surface area contributed by atoms with Crippen LogP contribution in [0.5, 0.6) is 0 Å². The van der Waals surface area contributed by atoms with Crippen molar-refractivity contribution in [3.05, 3.63) is 42.0 Å². The summed E-state index contributed by atoms with van der Waals surface area (Å²) in [5.74, 6) is 0.532. The van der Waals surface area contributed by atoms with Crippen LogP contribution in [0.1, 0.15) is 37.7 Å². The van der Waals surface area contributed by atoms with Crippen LogP contribution in [0.2, 0.25) is 0 Å². The number of rotatable bonds is 4. The van der Waals surface area contributed by atoms with E-state index in [1.807, 2.05) is 0 Å². The molecule has 0 saturated carbocycles. The van der Waals surface area contributed by atoms with Gasteiger partial charge < -0.3 is 9.59 Å². The van der Waals surface area contributed by atoms with Crippen LogP contribution in [0.15, 0.2) is 36.4 Å².